The molecular formula is C22H16FN3O3S2. The van der Waals surface area contributed by atoms with E-state index in [0.717, 1.165) is 26.9 Å². The van der Waals surface area contributed by atoms with Gasteiger partial charge in [0.15, 0.2) is 0 Å². The number of thiazole rings is 1. The highest BCUT2D eigenvalue weighted by Crippen LogP contribution is 2.31. The Bertz CT molecular complexity index is 1190. The number of rotatable bonds is 6. The van der Waals surface area contributed by atoms with Gasteiger partial charge in [-0.15, -0.1) is 11.3 Å². The van der Waals surface area contributed by atoms with Crippen molar-refractivity contribution in [2.45, 2.75) is 0 Å². The molecule has 0 atom stereocenters. The molecule has 1 aromatic heterocycles. The SMILES string of the molecule is O=C(C=Cc1nc2ccccc2s1)NCCN1C(=O)SC(=Cc2ccc(F)cc2)C1=O. The van der Waals surface area contributed by atoms with Crippen LogP contribution in [0.2, 0.25) is 0 Å². The summed E-state index contributed by atoms with van der Waals surface area (Å²) in [4.78, 5) is 42.4. The fraction of sp³-hybridized carbons (Fsp3) is 0.0909. The zero-order valence-corrected chi connectivity index (χ0v) is 17.7. The van der Waals surface area contributed by atoms with Gasteiger partial charge in [0.1, 0.15) is 10.8 Å². The van der Waals surface area contributed by atoms with Gasteiger partial charge in [0.25, 0.3) is 11.1 Å². The lowest BCUT2D eigenvalue weighted by Gasteiger charge is -2.12. The van der Waals surface area contributed by atoms with Crippen molar-refractivity contribution in [3.63, 3.8) is 0 Å². The van der Waals surface area contributed by atoms with Crippen molar-refractivity contribution in [1.82, 2.24) is 15.2 Å². The average Bonchev–Trinajstić information content (AvgIpc) is 3.29. The maximum Gasteiger partial charge on any atom is 0.293 e. The first-order valence-corrected chi connectivity index (χ1v) is 11.0. The Labute approximate surface area is 185 Å². The van der Waals surface area contributed by atoms with Crippen LogP contribution in [0, 0.1) is 5.82 Å². The topological polar surface area (TPSA) is 79.4 Å². The minimum atomic E-state index is -0.432. The van der Waals surface area contributed by atoms with E-state index in [9.17, 15) is 18.8 Å². The van der Waals surface area contributed by atoms with E-state index in [0.29, 0.717) is 10.6 Å². The number of halogens is 1. The Balaban J connectivity index is 1.30. The molecule has 1 aliphatic rings. The fourth-order valence-electron chi connectivity index (χ4n) is 2.86. The molecule has 0 radical (unpaired) electrons. The van der Waals surface area contributed by atoms with Crippen LogP contribution in [0.5, 0.6) is 0 Å². The first kappa shape index (κ1) is 21.0. The second kappa shape index (κ2) is 9.23. The molecule has 1 fully saturated rings. The Hall–Kier alpha value is -3.30. The second-order valence-corrected chi connectivity index (χ2v) is 8.58. The standard InChI is InChI=1S/C22H16FN3O3S2/c23-15-7-5-14(6-8-15)13-18-21(28)26(22(29)31-18)12-11-24-19(27)9-10-20-25-16-3-1-2-4-17(16)30-20/h1-10,13H,11-12H2,(H,24,27). The summed E-state index contributed by atoms with van der Waals surface area (Å²) in [5.41, 5.74) is 1.50. The van der Waals surface area contributed by atoms with Gasteiger partial charge in [-0.2, -0.15) is 0 Å². The van der Waals surface area contributed by atoms with Crippen molar-refractivity contribution >= 4 is 62.5 Å². The highest BCUT2D eigenvalue weighted by Gasteiger charge is 2.34. The number of amides is 3. The molecule has 0 bridgehead atoms. The van der Waals surface area contributed by atoms with Gasteiger partial charge >= 0.3 is 0 Å². The summed E-state index contributed by atoms with van der Waals surface area (Å²) in [6.45, 7) is 0.191. The zero-order valence-electron chi connectivity index (χ0n) is 16.1. The van der Waals surface area contributed by atoms with Gasteiger partial charge < -0.3 is 5.32 Å². The normalized spacial score (nSPS) is 15.5. The Morgan fingerprint density at radius 1 is 1.13 bits per heavy atom. The third-order valence-corrected chi connectivity index (χ3v) is 6.27. The number of carbonyl (C=O) groups excluding carboxylic acids is 3. The highest BCUT2D eigenvalue weighted by molar-refractivity contribution is 8.18. The minimum absolute atomic E-state index is 0.0616. The number of para-hydroxylation sites is 1. The van der Waals surface area contributed by atoms with E-state index in [1.54, 1.807) is 12.2 Å². The van der Waals surface area contributed by atoms with Crippen LogP contribution in [-0.2, 0) is 9.59 Å². The Kier molecular flexibility index (Phi) is 6.24. The number of fused-ring (bicyclic) bond motifs is 1. The van der Waals surface area contributed by atoms with Crippen LogP contribution in [0.3, 0.4) is 0 Å². The molecule has 2 heterocycles. The van der Waals surface area contributed by atoms with E-state index < -0.39 is 11.1 Å². The van der Waals surface area contributed by atoms with Crippen molar-refractivity contribution in [1.29, 1.82) is 0 Å². The first-order valence-electron chi connectivity index (χ1n) is 9.32. The molecule has 9 heteroatoms. The number of aromatic nitrogens is 1. The lowest BCUT2D eigenvalue weighted by Crippen LogP contribution is -2.36. The number of carbonyl (C=O) groups is 3. The van der Waals surface area contributed by atoms with Crippen LogP contribution in [0.25, 0.3) is 22.4 Å². The summed E-state index contributed by atoms with van der Waals surface area (Å²) in [7, 11) is 0. The molecule has 3 amide bonds. The van der Waals surface area contributed by atoms with Crippen molar-refractivity contribution < 1.29 is 18.8 Å². The fourth-order valence-corrected chi connectivity index (χ4v) is 4.60. The van der Waals surface area contributed by atoms with Gasteiger partial charge in [-0.3, -0.25) is 19.3 Å². The molecule has 1 aliphatic heterocycles. The third-order valence-electron chi connectivity index (χ3n) is 4.36. The van der Waals surface area contributed by atoms with E-state index in [4.69, 9.17) is 0 Å². The van der Waals surface area contributed by atoms with Gasteiger partial charge in [-0.1, -0.05) is 24.3 Å². The monoisotopic (exact) mass is 453 g/mol. The zero-order chi connectivity index (χ0) is 21.8. The van der Waals surface area contributed by atoms with Gasteiger partial charge in [-0.25, -0.2) is 9.37 Å². The van der Waals surface area contributed by atoms with Crippen molar-refractivity contribution in [2.75, 3.05) is 13.1 Å². The largest absolute Gasteiger partial charge is 0.351 e. The van der Waals surface area contributed by atoms with E-state index in [1.807, 2.05) is 24.3 Å². The average molecular weight is 454 g/mol. The number of hydrogen-bond donors (Lipinski definition) is 1. The van der Waals surface area contributed by atoms with Crippen LogP contribution in [0.1, 0.15) is 10.6 Å². The first-order chi connectivity index (χ1) is 15.0. The van der Waals surface area contributed by atoms with Gasteiger partial charge in [0, 0.05) is 19.2 Å². The van der Waals surface area contributed by atoms with E-state index in [1.165, 1.54) is 41.7 Å². The number of nitrogens with one attached hydrogen (secondary N) is 1. The Morgan fingerprint density at radius 3 is 2.68 bits per heavy atom. The predicted molar refractivity (Wildman–Crippen MR) is 121 cm³/mol. The predicted octanol–water partition coefficient (Wildman–Crippen LogP) is 4.30. The minimum Gasteiger partial charge on any atom is -0.351 e. The second-order valence-electron chi connectivity index (χ2n) is 6.53. The number of imide groups is 1. The van der Waals surface area contributed by atoms with Crippen molar-refractivity contribution in [2.24, 2.45) is 0 Å². The molecule has 0 saturated carbocycles. The third kappa shape index (κ3) is 5.07. The molecule has 4 rings (SSSR count). The molecule has 1 N–H and O–H groups in total. The summed E-state index contributed by atoms with van der Waals surface area (Å²) in [5.74, 6) is -1.15. The molecule has 1 saturated heterocycles. The number of thioether (sulfide) groups is 1. The van der Waals surface area contributed by atoms with Crippen LogP contribution in [0.4, 0.5) is 9.18 Å². The lowest BCUT2D eigenvalue weighted by molar-refractivity contribution is -0.123. The summed E-state index contributed by atoms with van der Waals surface area (Å²) < 4.78 is 14.0. The molecule has 2 aromatic carbocycles. The summed E-state index contributed by atoms with van der Waals surface area (Å²) in [5, 5.41) is 2.97. The summed E-state index contributed by atoms with van der Waals surface area (Å²) in [6.07, 6.45) is 4.55. The number of benzene rings is 2. The van der Waals surface area contributed by atoms with Crippen LogP contribution in [-0.4, -0.2) is 40.0 Å². The molecular weight excluding hydrogens is 437 g/mol. The van der Waals surface area contributed by atoms with Gasteiger partial charge in [0.05, 0.1) is 15.1 Å². The molecule has 0 spiro atoms. The van der Waals surface area contributed by atoms with Crippen molar-refractivity contribution in [3.05, 3.63) is 75.9 Å². The quantitative estimate of drug-likeness (QED) is 0.563. The smallest absolute Gasteiger partial charge is 0.293 e. The molecule has 0 unspecified atom stereocenters. The molecule has 156 valence electrons. The molecule has 6 nitrogen and oxygen atoms in total. The van der Waals surface area contributed by atoms with Crippen molar-refractivity contribution in [3.8, 4) is 0 Å². The van der Waals surface area contributed by atoms with E-state index in [2.05, 4.69) is 10.3 Å². The summed E-state index contributed by atoms with van der Waals surface area (Å²) in [6, 6.07) is 13.3. The maximum absolute atomic E-state index is 13.0. The van der Waals surface area contributed by atoms with Gasteiger partial charge in [-0.05, 0) is 53.7 Å². The maximum atomic E-state index is 13.0. The summed E-state index contributed by atoms with van der Waals surface area (Å²) >= 11 is 2.30. The van der Waals surface area contributed by atoms with Crippen LogP contribution in [0.15, 0.2) is 59.5 Å². The molecule has 0 aliphatic carbocycles. The van der Waals surface area contributed by atoms with Crippen LogP contribution >= 0.6 is 23.1 Å². The van der Waals surface area contributed by atoms with Gasteiger partial charge in [0.2, 0.25) is 5.91 Å². The number of hydrogen-bond acceptors (Lipinski definition) is 6. The number of nitrogens with zero attached hydrogens (tertiary/aromatic N) is 2. The molecule has 3 aromatic rings. The highest BCUT2D eigenvalue weighted by atomic mass is 32.2. The van der Waals surface area contributed by atoms with E-state index >= 15 is 0 Å². The van der Waals surface area contributed by atoms with E-state index in [-0.39, 0.29) is 29.7 Å². The van der Waals surface area contributed by atoms with Crippen LogP contribution < -0.4 is 5.32 Å². The molecule has 31 heavy (non-hydrogen) atoms. The lowest BCUT2D eigenvalue weighted by atomic mass is 10.2. The Morgan fingerprint density at radius 2 is 1.90 bits per heavy atom.